The summed E-state index contributed by atoms with van der Waals surface area (Å²) in [5, 5.41) is 0. The van der Waals surface area contributed by atoms with Gasteiger partial charge in [0.05, 0.1) is 0 Å². The summed E-state index contributed by atoms with van der Waals surface area (Å²) >= 11 is 0. The SMILES string of the molecule is CCNNC(=O)P. The summed E-state index contributed by atoms with van der Waals surface area (Å²) in [5.74, 6) is 0. The number of amides is 1. The summed E-state index contributed by atoms with van der Waals surface area (Å²) in [5.41, 5.74) is 4.86. The van der Waals surface area contributed by atoms with Crippen molar-refractivity contribution in [3.63, 3.8) is 0 Å². The monoisotopic (exact) mass is 120 g/mol. The van der Waals surface area contributed by atoms with Gasteiger partial charge in [-0.15, -0.1) is 0 Å². The summed E-state index contributed by atoms with van der Waals surface area (Å²) in [6.45, 7) is 2.65. The molecule has 0 bridgehead atoms. The standard InChI is InChI=1S/C3H9N2OP/c1-2-4-5-3(6)7/h4H,2,7H2,1H3,(H,5,6). The molecule has 0 saturated carbocycles. The van der Waals surface area contributed by atoms with Crippen LogP contribution in [0.25, 0.3) is 0 Å². The smallest absolute Gasteiger partial charge is 0.248 e. The van der Waals surface area contributed by atoms with Crippen molar-refractivity contribution in [1.82, 2.24) is 10.9 Å². The lowest BCUT2D eigenvalue weighted by Crippen LogP contribution is -2.32. The van der Waals surface area contributed by atoms with Crippen LogP contribution in [0.15, 0.2) is 0 Å². The largest absolute Gasteiger partial charge is 0.288 e. The van der Waals surface area contributed by atoms with Crippen molar-refractivity contribution >= 4 is 14.9 Å². The van der Waals surface area contributed by atoms with Gasteiger partial charge in [-0.2, -0.15) is 0 Å². The van der Waals surface area contributed by atoms with Crippen LogP contribution in [0.2, 0.25) is 0 Å². The molecule has 0 aliphatic carbocycles. The zero-order valence-corrected chi connectivity index (χ0v) is 5.35. The van der Waals surface area contributed by atoms with E-state index in [9.17, 15) is 4.79 Å². The van der Waals surface area contributed by atoms with E-state index in [2.05, 4.69) is 10.9 Å². The Kier molecular flexibility index (Phi) is 3.95. The maximum atomic E-state index is 9.99. The fraction of sp³-hybridized carbons (Fsp3) is 0.667. The molecule has 0 aliphatic heterocycles. The van der Waals surface area contributed by atoms with Crippen LogP contribution in [-0.2, 0) is 0 Å². The first-order chi connectivity index (χ1) is 3.27. The molecule has 3 nitrogen and oxygen atoms in total. The van der Waals surface area contributed by atoms with Gasteiger partial charge in [0.25, 0.3) is 0 Å². The predicted octanol–water partition coefficient (Wildman–Crippen LogP) is 0.0956. The summed E-state index contributed by atoms with van der Waals surface area (Å²) in [6, 6.07) is 0. The highest BCUT2D eigenvalue weighted by molar-refractivity contribution is 7.39. The second-order valence-corrected chi connectivity index (χ2v) is 1.54. The third-order valence-corrected chi connectivity index (χ3v) is 0.533. The molecule has 1 amide bonds. The first kappa shape index (κ1) is 6.86. The van der Waals surface area contributed by atoms with Gasteiger partial charge in [0, 0.05) is 6.54 Å². The predicted molar refractivity (Wildman–Crippen MR) is 31.9 cm³/mol. The molecule has 7 heavy (non-hydrogen) atoms. The highest BCUT2D eigenvalue weighted by Gasteiger charge is 1.81. The molecular weight excluding hydrogens is 111 g/mol. The number of nitrogens with one attached hydrogen (secondary N) is 2. The Labute approximate surface area is 45.0 Å². The maximum absolute atomic E-state index is 9.99. The van der Waals surface area contributed by atoms with Gasteiger partial charge in [0.15, 0.2) is 0 Å². The molecule has 0 spiro atoms. The van der Waals surface area contributed by atoms with E-state index in [1.54, 1.807) is 0 Å². The van der Waals surface area contributed by atoms with E-state index in [0.29, 0.717) is 0 Å². The highest BCUT2D eigenvalue weighted by Crippen LogP contribution is 1.76. The number of hydrogen-bond acceptors (Lipinski definition) is 2. The first-order valence-electron chi connectivity index (χ1n) is 2.05. The number of carbonyl (C=O) groups is 1. The third-order valence-electron chi connectivity index (χ3n) is 0.388. The minimum absolute atomic E-state index is 0.137. The molecular formula is C3H9N2OP. The van der Waals surface area contributed by atoms with Crippen molar-refractivity contribution in [1.29, 1.82) is 0 Å². The second-order valence-electron chi connectivity index (χ2n) is 1.02. The van der Waals surface area contributed by atoms with Gasteiger partial charge in [-0.1, -0.05) is 6.92 Å². The van der Waals surface area contributed by atoms with Gasteiger partial charge in [-0.25, -0.2) is 5.43 Å². The molecule has 0 saturated heterocycles. The Morgan fingerprint density at radius 2 is 2.43 bits per heavy atom. The van der Waals surface area contributed by atoms with Crippen molar-refractivity contribution in [2.24, 2.45) is 0 Å². The third kappa shape index (κ3) is 5.86. The van der Waals surface area contributed by atoms with Crippen molar-refractivity contribution in [2.45, 2.75) is 6.92 Å². The Bertz CT molecular complexity index is 66.0. The van der Waals surface area contributed by atoms with Crippen LogP contribution in [0.3, 0.4) is 0 Å². The number of carbonyl (C=O) groups excluding carboxylic acids is 1. The molecule has 42 valence electrons. The minimum Gasteiger partial charge on any atom is -0.288 e. The lowest BCUT2D eigenvalue weighted by atomic mass is 10.8. The molecule has 0 aliphatic rings. The summed E-state index contributed by atoms with van der Waals surface area (Å²) in [6.07, 6.45) is 0. The summed E-state index contributed by atoms with van der Waals surface area (Å²) in [4.78, 5) is 9.99. The Morgan fingerprint density at radius 1 is 1.86 bits per heavy atom. The van der Waals surface area contributed by atoms with Crippen molar-refractivity contribution in [3.8, 4) is 0 Å². The Balaban J connectivity index is 2.82. The number of hydrazine groups is 1. The van der Waals surface area contributed by atoms with Gasteiger partial charge in [0.2, 0.25) is 5.65 Å². The topological polar surface area (TPSA) is 41.1 Å². The van der Waals surface area contributed by atoms with Crippen molar-refractivity contribution < 1.29 is 4.79 Å². The molecule has 2 N–H and O–H groups in total. The zero-order chi connectivity index (χ0) is 5.70. The van der Waals surface area contributed by atoms with Gasteiger partial charge in [0.1, 0.15) is 0 Å². The molecule has 0 rings (SSSR count). The maximum Gasteiger partial charge on any atom is 0.248 e. The normalized spacial score (nSPS) is 8.29. The van der Waals surface area contributed by atoms with E-state index in [-0.39, 0.29) is 5.65 Å². The average molecular weight is 120 g/mol. The first-order valence-corrected chi connectivity index (χ1v) is 2.63. The van der Waals surface area contributed by atoms with Crippen LogP contribution in [-0.4, -0.2) is 12.2 Å². The average Bonchev–Trinajstić information content (AvgIpc) is 1.61. The van der Waals surface area contributed by atoms with Crippen molar-refractivity contribution in [2.75, 3.05) is 6.54 Å². The number of rotatable bonds is 2. The molecule has 0 radical (unpaired) electrons. The van der Waals surface area contributed by atoms with Gasteiger partial charge in [-0.05, 0) is 9.24 Å². The zero-order valence-electron chi connectivity index (χ0n) is 4.19. The van der Waals surface area contributed by atoms with Gasteiger partial charge in [-0.3, -0.25) is 10.2 Å². The lowest BCUT2D eigenvalue weighted by Gasteiger charge is -1.96. The highest BCUT2D eigenvalue weighted by atomic mass is 31.0. The van der Waals surface area contributed by atoms with Gasteiger partial charge < -0.3 is 0 Å². The van der Waals surface area contributed by atoms with Crippen LogP contribution in [0, 0.1) is 0 Å². The van der Waals surface area contributed by atoms with Crippen LogP contribution >= 0.6 is 9.24 Å². The van der Waals surface area contributed by atoms with Crippen LogP contribution in [0.4, 0.5) is 4.79 Å². The van der Waals surface area contributed by atoms with E-state index >= 15 is 0 Å². The second kappa shape index (κ2) is 4.03. The van der Waals surface area contributed by atoms with E-state index in [1.165, 1.54) is 0 Å². The quantitative estimate of drug-likeness (QED) is 0.400. The number of hydrogen-bond donors (Lipinski definition) is 2. The molecule has 0 aromatic heterocycles. The van der Waals surface area contributed by atoms with E-state index in [4.69, 9.17) is 0 Å². The molecule has 0 fully saturated rings. The molecule has 4 heteroatoms. The molecule has 1 unspecified atom stereocenters. The molecule has 0 heterocycles. The molecule has 0 aromatic carbocycles. The van der Waals surface area contributed by atoms with Crippen LogP contribution < -0.4 is 10.9 Å². The van der Waals surface area contributed by atoms with Crippen molar-refractivity contribution in [3.05, 3.63) is 0 Å². The van der Waals surface area contributed by atoms with Crippen LogP contribution in [0.5, 0.6) is 0 Å². The van der Waals surface area contributed by atoms with Gasteiger partial charge >= 0.3 is 0 Å². The van der Waals surface area contributed by atoms with E-state index < -0.39 is 0 Å². The summed E-state index contributed by atoms with van der Waals surface area (Å²) in [7, 11) is 2.00. The Morgan fingerprint density at radius 3 is 2.57 bits per heavy atom. The molecule has 0 aromatic rings. The Hall–Kier alpha value is -0.140. The van der Waals surface area contributed by atoms with E-state index in [1.807, 2.05) is 16.2 Å². The van der Waals surface area contributed by atoms with Crippen LogP contribution in [0.1, 0.15) is 6.92 Å². The van der Waals surface area contributed by atoms with E-state index in [0.717, 1.165) is 6.54 Å². The lowest BCUT2D eigenvalue weighted by molar-refractivity contribution is 0.257. The molecule has 1 atom stereocenters. The fourth-order valence-electron chi connectivity index (χ4n) is 0.176. The summed E-state index contributed by atoms with van der Waals surface area (Å²) < 4.78 is 0. The minimum atomic E-state index is -0.137. The fourth-order valence-corrected chi connectivity index (χ4v) is 0.278.